The molecule has 2 bridgehead atoms. The van der Waals surface area contributed by atoms with Crippen molar-refractivity contribution >= 4 is 12.0 Å². The van der Waals surface area contributed by atoms with E-state index in [4.69, 9.17) is 4.74 Å². The minimum Gasteiger partial charge on any atom is -0.504 e. The van der Waals surface area contributed by atoms with Gasteiger partial charge in [-0.25, -0.2) is 0 Å². The van der Waals surface area contributed by atoms with Crippen molar-refractivity contribution in [3.05, 3.63) is 64.7 Å². The number of phenolic OH excluding ortho intramolecular Hbond substituents is 1. The average molecular weight is 637 g/mol. The van der Waals surface area contributed by atoms with Gasteiger partial charge in [0.2, 0.25) is 5.91 Å². The maximum absolute atomic E-state index is 14.2. The molecule has 6 aliphatic rings. The molecule has 0 radical (unpaired) electrons. The number of alkyl halides is 3. The summed E-state index contributed by atoms with van der Waals surface area (Å²) in [6.07, 6.45) is 8.28. The van der Waals surface area contributed by atoms with Crippen molar-refractivity contribution in [3.63, 3.8) is 0 Å². The van der Waals surface area contributed by atoms with E-state index in [0.717, 1.165) is 62.0 Å². The maximum Gasteiger partial charge on any atom is 0.416 e. The van der Waals surface area contributed by atoms with Gasteiger partial charge in [-0.15, -0.1) is 0 Å². The number of carbonyl (C=O) groups excluding carboxylic acids is 1. The first kappa shape index (κ1) is 30.3. The lowest BCUT2D eigenvalue weighted by atomic mass is 9.48. The lowest BCUT2D eigenvalue weighted by molar-refractivity contribution is -0.201. The minimum absolute atomic E-state index is 0.0554. The summed E-state index contributed by atoms with van der Waals surface area (Å²) in [5.74, 6) is 1.28. The summed E-state index contributed by atoms with van der Waals surface area (Å²) in [5, 5.41) is 24.0. The van der Waals surface area contributed by atoms with Crippen molar-refractivity contribution < 1.29 is 32.9 Å². The monoisotopic (exact) mass is 636 g/mol. The van der Waals surface area contributed by atoms with Gasteiger partial charge < -0.3 is 19.8 Å². The number of piperidine rings is 1. The zero-order valence-electron chi connectivity index (χ0n) is 26.1. The number of benzene rings is 2. The summed E-state index contributed by atoms with van der Waals surface area (Å²) in [6, 6.07) is 8.30. The van der Waals surface area contributed by atoms with Gasteiger partial charge in [-0.3, -0.25) is 9.69 Å². The van der Waals surface area contributed by atoms with E-state index in [2.05, 4.69) is 4.90 Å². The van der Waals surface area contributed by atoms with E-state index in [-0.39, 0.29) is 23.7 Å². The molecule has 1 amide bonds. The first-order chi connectivity index (χ1) is 22.1. The van der Waals surface area contributed by atoms with Gasteiger partial charge in [0, 0.05) is 30.8 Å². The third-order valence-electron chi connectivity index (χ3n) is 12.2. The summed E-state index contributed by atoms with van der Waals surface area (Å²) >= 11 is 0. The predicted molar refractivity (Wildman–Crippen MR) is 167 cm³/mol. The molecule has 3 unspecified atom stereocenters. The third-order valence-corrected chi connectivity index (χ3v) is 12.2. The van der Waals surface area contributed by atoms with Crippen LogP contribution in [-0.4, -0.2) is 69.3 Å². The Morgan fingerprint density at radius 1 is 1.04 bits per heavy atom. The normalized spacial score (nSPS) is 32.3. The Hall–Kier alpha value is -3.04. The van der Waals surface area contributed by atoms with Crippen LogP contribution in [0.15, 0.2) is 42.5 Å². The number of aromatic hydroxyl groups is 1. The zero-order chi connectivity index (χ0) is 31.8. The van der Waals surface area contributed by atoms with Crippen molar-refractivity contribution in [2.75, 3.05) is 19.6 Å². The van der Waals surface area contributed by atoms with Crippen molar-refractivity contribution in [1.29, 1.82) is 0 Å². The van der Waals surface area contributed by atoms with Gasteiger partial charge in [0.1, 0.15) is 6.10 Å². The van der Waals surface area contributed by atoms with E-state index in [9.17, 15) is 28.2 Å². The lowest BCUT2D eigenvalue weighted by Gasteiger charge is -2.65. The molecular formula is C37H43F3N2O4. The van der Waals surface area contributed by atoms with Crippen molar-refractivity contribution in [2.24, 2.45) is 11.8 Å². The van der Waals surface area contributed by atoms with Gasteiger partial charge >= 0.3 is 6.18 Å². The fourth-order valence-corrected chi connectivity index (χ4v) is 9.89. The number of nitrogens with zero attached hydrogens (tertiary/aromatic N) is 2. The van der Waals surface area contributed by atoms with Crippen LogP contribution in [0.25, 0.3) is 6.08 Å². The predicted octanol–water partition coefficient (Wildman–Crippen LogP) is 6.47. The Labute approximate surface area is 268 Å². The second kappa shape index (κ2) is 11.0. The molecule has 5 atom stereocenters. The molecular weight excluding hydrogens is 593 g/mol. The first-order valence-electron chi connectivity index (χ1n) is 17.2. The highest BCUT2D eigenvalue weighted by atomic mass is 19.4. The lowest BCUT2D eigenvalue weighted by Crippen LogP contribution is -2.78. The topological polar surface area (TPSA) is 73.2 Å². The smallest absolute Gasteiger partial charge is 0.416 e. The molecule has 6 nitrogen and oxygen atoms in total. The molecule has 1 spiro atoms. The average Bonchev–Trinajstić information content (AvgIpc) is 3.79. The fourth-order valence-electron chi connectivity index (χ4n) is 9.89. The number of likely N-dealkylation sites (tertiary alicyclic amines) is 1. The minimum atomic E-state index is -4.47. The van der Waals surface area contributed by atoms with E-state index in [1.165, 1.54) is 37.5 Å². The maximum atomic E-state index is 14.2. The van der Waals surface area contributed by atoms with Crippen LogP contribution in [0.5, 0.6) is 11.5 Å². The largest absolute Gasteiger partial charge is 0.504 e. The summed E-state index contributed by atoms with van der Waals surface area (Å²) in [5.41, 5.74) is -0.203. The molecule has 2 N–H and O–H groups in total. The van der Waals surface area contributed by atoms with Crippen molar-refractivity contribution in [1.82, 2.24) is 9.80 Å². The quantitative estimate of drug-likeness (QED) is 0.341. The first-order valence-corrected chi connectivity index (χ1v) is 17.2. The summed E-state index contributed by atoms with van der Waals surface area (Å²) in [6.45, 7) is 2.36. The van der Waals surface area contributed by atoms with Gasteiger partial charge in [-0.05, 0) is 105 Å². The molecule has 2 heterocycles. The van der Waals surface area contributed by atoms with Crippen molar-refractivity contribution in [3.8, 4) is 11.5 Å². The standard InChI is InChI=1S/C37H43F3N2O4/c38-37(39,40)27-8-4-7-23(19-27)11-14-31(44)42(22-24-5-2-1-3-6-24)28-15-16-36(45)30-20-26-12-13-29(43)33-32(26)35(36,34(28)46-33)17-18-41(30)21-25-9-10-25/h4,7-8,11-14,19,24-25,28,30,34,43,45H,1-3,5-6,9-10,15-18,20-22H2/t28?,30-,34?,35+,36?/m1/s1. The second-order valence-electron chi connectivity index (χ2n) is 14.8. The Kier molecular flexibility index (Phi) is 7.25. The number of hydrogen-bond acceptors (Lipinski definition) is 5. The fraction of sp³-hybridized carbons (Fsp3) is 0.595. The molecule has 2 aromatic carbocycles. The van der Waals surface area contributed by atoms with Gasteiger partial charge in [0.15, 0.2) is 11.5 Å². The number of halogens is 3. The molecule has 4 fully saturated rings. The van der Waals surface area contributed by atoms with Gasteiger partial charge in [-0.2, -0.15) is 13.2 Å². The number of amides is 1. The van der Waals surface area contributed by atoms with Crippen LogP contribution in [0.1, 0.15) is 86.5 Å². The second-order valence-corrected chi connectivity index (χ2v) is 14.8. The number of rotatable bonds is 7. The molecule has 2 aliphatic heterocycles. The molecule has 1 saturated heterocycles. The molecule has 8 rings (SSSR count). The Bertz CT molecular complexity index is 1550. The number of phenols is 1. The van der Waals surface area contributed by atoms with E-state index in [0.29, 0.717) is 55.4 Å². The number of ether oxygens (including phenoxy) is 1. The SMILES string of the molecule is O=C(C=Cc1cccc(C(F)(F)F)c1)N(CC1CCCCC1)C1CCC2(O)[C@H]3Cc4ccc(O)c5c4[C@@]2(CCN3CC2CC2)C1O5. The van der Waals surface area contributed by atoms with E-state index in [1.54, 1.807) is 12.1 Å². The highest BCUT2D eigenvalue weighted by Crippen LogP contribution is 2.66. The van der Waals surface area contributed by atoms with Crippen LogP contribution in [-0.2, 0) is 22.8 Å². The van der Waals surface area contributed by atoms with E-state index < -0.39 is 28.9 Å². The van der Waals surface area contributed by atoms with Crippen LogP contribution in [0.2, 0.25) is 0 Å². The van der Waals surface area contributed by atoms with Crippen LogP contribution in [0, 0.1) is 11.8 Å². The highest BCUT2D eigenvalue weighted by molar-refractivity contribution is 5.92. The number of aliphatic hydroxyl groups is 1. The van der Waals surface area contributed by atoms with Crippen molar-refractivity contribution in [2.45, 2.75) is 106 Å². The summed E-state index contributed by atoms with van der Waals surface area (Å²) in [4.78, 5) is 18.6. The van der Waals surface area contributed by atoms with Gasteiger partial charge in [0.05, 0.1) is 22.6 Å². The van der Waals surface area contributed by atoms with Gasteiger partial charge in [0.25, 0.3) is 0 Å². The number of carbonyl (C=O) groups is 1. The highest BCUT2D eigenvalue weighted by Gasteiger charge is 2.73. The van der Waals surface area contributed by atoms with E-state index in [1.807, 2.05) is 11.0 Å². The molecule has 246 valence electrons. The van der Waals surface area contributed by atoms with Crippen LogP contribution < -0.4 is 4.74 Å². The summed E-state index contributed by atoms with van der Waals surface area (Å²) in [7, 11) is 0. The van der Waals surface area contributed by atoms with E-state index >= 15 is 0 Å². The molecule has 9 heteroatoms. The molecule has 0 aromatic heterocycles. The molecule has 2 aromatic rings. The van der Waals surface area contributed by atoms with Crippen LogP contribution in [0.4, 0.5) is 13.2 Å². The van der Waals surface area contributed by atoms with Gasteiger partial charge in [-0.1, -0.05) is 37.5 Å². The third kappa shape index (κ3) is 4.78. The molecule has 3 saturated carbocycles. The summed E-state index contributed by atoms with van der Waals surface area (Å²) < 4.78 is 47.0. The van der Waals surface area contributed by atoms with Crippen LogP contribution in [0.3, 0.4) is 0 Å². The Balaban J connectivity index is 1.16. The molecule has 4 aliphatic carbocycles. The number of hydrogen-bond donors (Lipinski definition) is 2. The molecule has 46 heavy (non-hydrogen) atoms. The van der Waals surface area contributed by atoms with Crippen LogP contribution >= 0.6 is 0 Å². The Morgan fingerprint density at radius 2 is 1.85 bits per heavy atom. The zero-order valence-corrected chi connectivity index (χ0v) is 26.1. The Morgan fingerprint density at radius 3 is 2.61 bits per heavy atom.